The lowest BCUT2D eigenvalue weighted by Gasteiger charge is -2.33. The molecule has 4 rings (SSSR count). The molecule has 0 spiro atoms. The SMILES string of the molecule is O=C(NC1CCCCC1)[C@H](c1ccc(F)cc1)N(C(=O)Cc1ccsc1)c1ccc(Cl)cc1. The number of nitrogens with zero attached hydrogens (tertiary/aromatic N) is 1. The molecule has 1 N–H and O–H groups in total. The molecule has 7 heteroatoms. The van der Waals surface area contributed by atoms with Gasteiger partial charge in [0.05, 0.1) is 6.42 Å². The zero-order valence-corrected chi connectivity index (χ0v) is 19.7. The maximum atomic E-state index is 13.7. The molecule has 1 aliphatic rings. The second-order valence-corrected chi connectivity index (χ2v) is 9.56. The third-order valence-corrected chi connectivity index (χ3v) is 6.94. The van der Waals surface area contributed by atoms with E-state index in [9.17, 15) is 14.0 Å². The Morgan fingerprint density at radius 1 is 1.03 bits per heavy atom. The van der Waals surface area contributed by atoms with Gasteiger partial charge in [-0.15, -0.1) is 0 Å². The number of anilines is 1. The van der Waals surface area contributed by atoms with Gasteiger partial charge in [-0.2, -0.15) is 11.3 Å². The number of carbonyl (C=O) groups excluding carboxylic acids is 2. The Balaban J connectivity index is 1.73. The van der Waals surface area contributed by atoms with Gasteiger partial charge in [-0.1, -0.05) is 43.0 Å². The Morgan fingerprint density at radius 2 is 1.73 bits per heavy atom. The highest BCUT2D eigenvalue weighted by Crippen LogP contribution is 2.31. The summed E-state index contributed by atoms with van der Waals surface area (Å²) in [6.45, 7) is 0. The van der Waals surface area contributed by atoms with E-state index in [0.717, 1.165) is 31.2 Å². The molecule has 0 radical (unpaired) electrons. The molecule has 1 aromatic heterocycles. The van der Waals surface area contributed by atoms with E-state index in [1.54, 1.807) is 36.4 Å². The fourth-order valence-electron chi connectivity index (χ4n) is 4.28. The van der Waals surface area contributed by atoms with Crippen LogP contribution in [0.3, 0.4) is 0 Å². The maximum absolute atomic E-state index is 13.7. The number of rotatable bonds is 7. The van der Waals surface area contributed by atoms with E-state index in [1.165, 1.54) is 34.8 Å². The van der Waals surface area contributed by atoms with E-state index in [4.69, 9.17) is 11.6 Å². The molecule has 4 nitrogen and oxygen atoms in total. The van der Waals surface area contributed by atoms with Crippen molar-refractivity contribution in [2.45, 2.75) is 50.6 Å². The molecule has 2 amide bonds. The number of hydrogen-bond donors (Lipinski definition) is 1. The number of nitrogens with one attached hydrogen (secondary N) is 1. The first-order valence-corrected chi connectivity index (χ1v) is 12.5. The van der Waals surface area contributed by atoms with E-state index < -0.39 is 11.9 Å². The minimum atomic E-state index is -0.931. The van der Waals surface area contributed by atoms with Gasteiger partial charge in [0.15, 0.2) is 0 Å². The number of thiophene rings is 1. The summed E-state index contributed by atoms with van der Waals surface area (Å²) >= 11 is 7.61. The van der Waals surface area contributed by atoms with Gasteiger partial charge in [0, 0.05) is 16.8 Å². The van der Waals surface area contributed by atoms with Crippen molar-refractivity contribution in [3.8, 4) is 0 Å². The molecule has 3 aromatic rings. The average Bonchev–Trinajstić information content (AvgIpc) is 3.32. The molecule has 2 aromatic carbocycles. The van der Waals surface area contributed by atoms with Crippen LogP contribution in [0.25, 0.3) is 0 Å². The molecule has 0 saturated heterocycles. The van der Waals surface area contributed by atoms with Gasteiger partial charge in [-0.3, -0.25) is 14.5 Å². The molecule has 1 aliphatic carbocycles. The molecule has 0 unspecified atom stereocenters. The van der Waals surface area contributed by atoms with E-state index in [-0.39, 0.29) is 24.3 Å². The minimum Gasteiger partial charge on any atom is -0.351 e. The van der Waals surface area contributed by atoms with Gasteiger partial charge in [0.1, 0.15) is 11.9 Å². The molecule has 0 bridgehead atoms. The van der Waals surface area contributed by atoms with Crippen LogP contribution in [-0.2, 0) is 16.0 Å². The minimum absolute atomic E-state index is 0.0771. The first-order chi connectivity index (χ1) is 16.0. The van der Waals surface area contributed by atoms with Crippen molar-refractivity contribution in [1.29, 1.82) is 0 Å². The molecule has 172 valence electrons. The Hall–Kier alpha value is -2.70. The number of benzene rings is 2. The summed E-state index contributed by atoms with van der Waals surface area (Å²) in [5.74, 6) is -0.876. The van der Waals surface area contributed by atoms with Crippen molar-refractivity contribution in [2.24, 2.45) is 0 Å². The summed E-state index contributed by atoms with van der Waals surface area (Å²) in [5.41, 5.74) is 2.00. The number of carbonyl (C=O) groups is 2. The highest BCUT2D eigenvalue weighted by atomic mass is 35.5. The van der Waals surface area contributed by atoms with Crippen LogP contribution < -0.4 is 10.2 Å². The van der Waals surface area contributed by atoms with Crippen LogP contribution in [0.2, 0.25) is 5.02 Å². The van der Waals surface area contributed by atoms with Crippen molar-refractivity contribution in [1.82, 2.24) is 5.32 Å². The lowest BCUT2D eigenvalue weighted by Crippen LogP contribution is -2.47. The second kappa shape index (κ2) is 10.9. The maximum Gasteiger partial charge on any atom is 0.248 e. The largest absolute Gasteiger partial charge is 0.351 e. The van der Waals surface area contributed by atoms with Gasteiger partial charge < -0.3 is 5.32 Å². The Morgan fingerprint density at radius 3 is 2.36 bits per heavy atom. The monoisotopic (exact) mass is 484 g/mol. The van der Waals surface area contributed by atoms with E-state index in [1.807, 2.05) is 16.8 Å². The third-order valence-electron chi connectivity index (χ3n) is 5.95. The van der Waals surface area contributed by atoms with Crippen LogP contribution in [0.1, 0.15) is 49.3 Å². The van der Waals surface area contributed by atoms with Crippen LogP contribution in [0.4, 0.5) is 10.1 Å². The molecule has 0 aliphatic heterocycles. The van der Waals surface area contributed by atoms with Gasteiger partial charge in [-0.05, 0) is 77.2 Å². The molecule has 1 saturated carbocycles. The van der Waals surface area contributed by atoms with Crippen molar-refractivity contribution in [3.63, 3.8) is 0 Å². The molecule has 1 atom stereocenters. The van der Waals surface area contributed by atoms with Crippen molar-refractivity contribution >= 4 is 40.4 Å². The van der Waals surface area contributed by atoms with Gasteiger partial charge in [-0.25, -0.2) is 4.39 Å². The zero-order valence-electron chi connectivity index (χ0n) is 18.2. The number of hydrogen-bond acceptors (Lipinski definition) is 3. The normalized spacial score (nSPS) is 15.1. The zero-order chi connectivity index (χ0) is 23.2. The number of halogens is 2. The quantitative estimate of drug-likeness (QED) is 0.427. The second-order valence-electron chi connectivity index (χ2n) is 8.35. The summed E-state index contributed by atoms with van der Waals surface area (Å²) < 4.78 is 13.7. The average molecular weight is 485 g/mol. The number of amides is 2. The van der Waals surface area contributed by atoms with Gasteiger partial charge in [0.25, 0.3) is 0 Å². The van der Waals surface area contributed by atoms with E-state index >= 15 is 0 Å². The van der Waals surface area contributed by atoms with E-state index in [0.29, 0.717) is 16.3 Å². The molecule has 33 heavy (non-hydrogen) atoms. The summed E-state index contributed by atoms with van der Waals surface area (Å²) in [6, 6.07) is 13.7. The topological polar surface area (TPSA) is 49.4 Å². The lowest BCUT2D eigenvalue weighted by molar-refractivity contribution is -0.127. The van der Waals surface area contributed by atoms with Gasteiger partial charge >= 0.3 is 0 Å². The van der Waals surface area contributed by atoms with Crippen LogP contribution in [-0.4, -0.2) is 17.9 Å². The Labute approximate surface area is 202 Å². The molecule has 1 fully saturated rings. The fourth-order valence-corrected chi connectivity index (χ4v) is 5.08. The summed E-state index contributed by atoms with van der Waals surface area (Å²) in [7, 11) is 0. The first kappa shape index (κ1) is 23.5. The van der Waals surface area contributed by atoms with Crippen LogP contribution >= 0.6 is 22.9 Å². The van der Waals surface area contributed by atoms with Crippen molar-refractivity contribution in [3.05, 3.63) is 87.3 Å². The lowest BCUT2D eigenvalue weighted by atomic mass is 9.94. The van der Waals surface area contributed by atoms with Crippen LogP contribution in [0.5, 0.6) is 0 Å². The molecule has 1 heterocycles. The predicted octanol–water partition coefficient (Wildman–Crippen LogP) is 6.31. The summed E-state index contributed by atoms with van der Waals surface area (Å²) in [4.78, 5) is 28.8. The van der Waals surface area contributed by atoms with Crippen LogP contribution in [0, 0.1) is 5.82 Å². The highest BCUT2D eigenvalue weighted by molar-refractivity contribution is 7.08. The van der Waals surface area contributed by atoms with Gasteiger partial charge in [0.2, 0.25) is 11.8 Å². The smallest absolute Gasteiger partial charge is 0.248 e. The van der Waals surface area contributed by atoms with Crippen molar-refractivity contribution in [2.75, 3.05) is 4.90 Å². The molecular formula is C26H26ClFN2O2S. The standard InChI is InChI=1S/C26H26ClFN2O2S/c27-20-8-12-23(13-9-20)30(24(31)16-18-14-15-33-17-18)25(19-6-10-21(28)11-7-19)26(32)29-22-4-2-1-3-5-22/h6-15,17,22,25H,1-5,16H2,(H,29,32)/t25-/m0/s1. The summed E-state index contributed by atoms with van der Waals surface area (Å²) in [5, 5.41) is 7.54. The first-order valence-electron chi connectivity index (χ1n) is 11.2. The van der Waals surface area contributed by atoms with E-state index in [2.05, 4.69) is 5.32 Å². The Bertz CT molecular complexity index is 1060. The highest BCUT2D eigenvalue weighted by Gasteiger charge is 2.34. The summed E-state index contributed by atoms with van der Waals surface area (Å²) in [6.07, 6.45) is 5.32. The Kier molecular flexibility index (Phi) is 7.78. The predicted molar refractivity (Wildman–Crippen MR) is 131 cm³/mol. The fraction of sp³-hybridized carbons (Fsp3) is 0.308. The molecular weight excluding hydrogens is 459 g/mol. The third kappa shape index (κ3) is 6.01. The van der Waals surface area contributed by atoms with Crippen molar-refractivity contribution < 1.29 is 14.0 Å². The van der Waals surface area contributed by atoms with Crippen LogP contribution in [0.15, 0.2) is 65.4 Å².